The predicted octanol–water partition coefficient (Wildman–Crippen LogP) is 2.42. The molecule has 3 rings (SSSR count). The Kier molecular flexibility index (Phi) is 6.13. The number of rotatable bonds is 7. The Morgan fingerprint density at radius 1 is 1.07 bits per heavy atom. The molecule has 1 atom stereocenters. The molecule has 6 nitrogen and oxygen atoms in total. The molecule has 0 aliphatic rings. The van der Waals surface area contributed by atoms with Crippen LogP contribution < -0.4 is 19.7 Å². The highest BCUT2D eigenvalue weighted by molar-refractivity contribution is 5.99. The third-order valence-electron chi connectivity index (χ3n) is 5.54. The SMILES string of the molecule is COc1ccc([C@H](CNC(=O)c2ccc3[nH]c(C)c(C)c3c2)[NH+](C)C)cc1OC. The highest BCUT2D eigenvalue weighted by Gasteiger charge is 2.21. The molecule has 3 aromatic rings. The Bertz CT molecular complexity index is 1020. The van der Waals surface area contributed by atoms with Crippen LogP contribution in [0.4, 0.5) is 0 Å². The molecule has 3 N–H and O–H groups in total. The van der Waals surface area contributed by atoms with Crippen molar-refractivity contribution in [1.29, 1.82) is 0 Å². The molecular weight excluding hydrogens is 366 g/mol. The molecule has 0 saturated carbocycles. The van der Waals surface area contributed by atoms with Crippen LogP contribution in [0.2, 0.25) is 0 Å². The minimum atomic E-state index is -0.0723. The average molecular weight is 397 g/mol. The lowest BCUT2D eigenvalue weighted by atomic mass is 10.0. The van der Waals surface area contributed by atoms with E-state index in [9.17, 15) is 4.79 Å². The summed E-state index contributed by atoms with van der Waals surface area (Å²) in [6.07, 6.45) is 0. The van der Waals surface area contributed by atoms with Crippen molar-refractivity contribution in [2.75, 3.05) is 34.9 Å². The zero-order valence-electron chi connectivity index (χ0n) is 18.0. The summed E-state index contributed by atoms with van der Waals surface area (Å²) in [6.45, 7) is 4.63. The van der Waals surface area contributed by atoms with Crippen molar-refractivity contribution < 1.29 is 19.2 Å². The number of aromatic amines is 1. The van der Waals surface area contributed by atoms with E-state index in [0.717, 1.165) is 22.2 Å². The molecule has 2 aromatic carbocycles. The Hall–Kier alpha value is -2.99. The number of likely N-dealkylation sites (N-methyl/N-ethyl adjacent to an activating group) is 1. The summed E-state index contributed by atoms with van der Waals surface area (Å²) in [5, 5.41) is 4.18. The van der Waals surface area contributed by atoms with Gasteiger partial charge in [-0.15, -0.1) is 0 Å². The minimum Gasteiger partial charge on any atom is -0.493 e. The fraction of sp³-hybridized carbons (Fsp3) is 0.348. The van der Waals surface area contributed by atoms with Crippen LogP contribution in [0.1, 0.15) is 33.2 Å². The molecule has 1 aromatic heterocycles. The molecule has 0 spiro atoms. The molecule has 0 saturated heterocycles. The number of nitrogens with one attached hydrogen (secondary N) is 3. The first-order valence-corrected chi connectivity index (χ1v) is 9.74. The van der Waals surface area contributed by atoms with E-state index in [-0.39, 0.29) is 11.9 Å². The fourth-order valence-electron chi connectivity index (χ4n) is 3.62. The first kappa shape index (κ1) is 20.7. The van der Waals surface area contributed by atoms with Crippen LogP contribution in [0.5, 0.6) is 11.5 Å². The number of methoxy groups -OCH3 is 2. The topological polar surface area (TPSA) is 67.8 Å². The van der Waals surface area contributed by atoms with Gasteiger partial charge in [-0.05, 0) is 55.8 Å². The number of amides is 1. The Labute approximate surface area is 171 Å². The summed E-state index contributed by atoms with van der Waals surface area (Å²) >= 11 is 0. The normalized spacial score (nSPS) is 12.2. The zero-order chi connectivity index (χ0) is 21.1. The van der Waals surface area contributed by atoms with Crippen LogP contribution in [0.25, 0.3) is 10.9 Å². The maximum absolute atomic E-state index is 12.8. The fourth-order valence-corrected chi connectivity index (χ4v) is 3.62. The third kappa shape index (κ3) is 4.22. The third-order valence-corrected chi connectivity index (χ3v) is 5.54. The van der Waals surface area contributed by atoms with E-state index < -0.39 is 0 Å². The van der Waals surface area contributed by atoms with Crippen molar-refractivity contribution in [2.45, 2.75) is 19.9 Å². The largest absolute Gasteiger partial charge is 0.493 e. The monoisotopic (exact) mass is 396 g/mol. The smallest absolute Gasteiger partial charge is 0.251 e. The molecule has 0 unspecified atom stereocenters. The van der Waals surface area contributed by atoms with Gasteiger partial charge in [0.25, 0.3) is 5.91 Å². The van der Waals surface area contributed by atoms with E-state index in [1.165, 1.54) is 10.5 Å². The number of carbonyl (C=O) groups excluding carboxylic acids is 1. The highest BCUT2D eigenvalue weighted by atomic mass is 16.5. The molecule has 29 heavy (non-hydrogen) atoms. The number of hydrogen-bond acceptors (Lipinski definition) is 3. The second kappa shape index (κ2) is 8.57. The van der Waals surface area contributed by atoms with Crippen LogP contribution in [-0.4, -0.2) is 45.8 Å². The number of H-pyrrole nitrogens is 1. The lowest BCUT2D eigenvalue weighted by molar-refractivity contribution is -0.890. The van der Waals surface area contributed by atoms with Gasteiger partial charge < -0.3 is 24.7 Å². The van der Waals surface area contributed by atoms with Crippen molar-refractivity contribution in [2.24, 2.45) is 0 Å². The average Bonchev–Trinajstić information content (AvgIpc) is 3.00. The predicted molar refractivity (Wildman–Crippen MR) is 115 cm³/mol. The summed E-state index contributed by atoms with van der Waals surface area (Å²) in [5.41, 5.74) is 5.10. The molecule has 0 bridgehead atoms. The Morgan fingerprint density at radius 2 is 1.79 bits per heavy atom. The van der Waals surface area contributed by atoms with Gasteiger partial charge in [-0.25, -0.2) is 0 Å². The van der Waals surface area contributed by atoms with Crippen molar-refractivity contribution in [3.63, 3.8) is 0 Å². The highest BCUT2D eigenvalue weighted by Crippen LogP contribution is 2.29. The van der Waals surface area contributed by atoms with Gasteiger partial charge >= 0.3 is 0 Å². The van der Waals surface area contributed by atoms with Gasteiger partial charge in [-0.2, -0.15) is 0 Å². The Morgan fingerprint density at radius 3 is 2.45 bits per heavy atom. The summed E-state index contributed by atoms with van der Waals surface area (Å²) in [6, 6.07) is 11.8. The van der Waals surface area contributed by atoms with E-state index in [4.69, 9.17) is 9.47 Å². The number of hydrogen-bond donors (Lipinski definition) is 3. The number of benzene rings is 2. The van der Waals surface area contributed by atoms with Crippen LogP contribution in [0.3, 0.4) is 0 Å². The molecule has 1 heterocycles. The van der Waals surface area contributed by atoms with Crippen molar-refractivity contribution >= 4 is 16.8 Å². The summed E-state index contributed by atoms with van der Waals surface area (Å²) in [7, 11) is 7.40. The molecule has 0 radical (unpaired) electrons. The maximum atomic E-state index is 12.8. The van der Waals surface area contributed by atoms with Gasteiger partial charge in [0.2, 0.25) is 0 Å². The number of quaternary nitrogens is 1. The second-order valence-corrected chi connectivity index (χ2v) is 7.59. The number of aryl methyl sites for hydroxylation is 2. The van der Waals surface area contributed by atoms with E-state index in [1.807, 2.05) is 43.3 Å². The molecule has 154 valence electrons. The molecule has 0 aliphatic carbocycles. The number of fused-ring (bicyclic) bond motifs is 1. The summed E-state index contributed by atoms with van der Waals surface area (Å²) in [5.74, 6) is 1.31. The summed E-state index contributed by atoms with van der Waals surface area (Å²) in [4.78, 5) is 17.4. The lowest BCUT2D eigenvalue weighted by Gasteiger charge is -2.23. The number of aromatic nitrogens is 1. The lowest BCUT2D eigenvalue weighted by Crippen LogP contribution is -3.07. The van der Waals surface area contributed by atoms with Crippen LogP contribution >= 0.6 is 0 Å². The van der Waals surface area contributed by atoms with Gasteiger partial charge in [0.05, 0.1) is 34.9 Å². The van der Waals surface area contributed by atoms with Crippen LogP contribution in [0, 0.1) is 13.8 Å². The number of ether oxygens (including phenoxy) is 2. The van der Waals surface area contributed by atoms with Crippen LogP contribution in [-0.2, 0) is 0 Å². The molecule has 0 fully saturated rings. The van der Waals surface area contributed by atoms with Gasteiger partial charge in [0.15, 0.2) is 11.5 Å². The van der Waals surface area contributed by atoms with Crippen molar-refractivity contribution in [3.05, 3.63) is 58.8 Å². The van der Waals surface area contributed by atoms with Gasteiger partial charge in [-0.1, -0.05) is 0 Å². The first-order chi connectivity index (χ1) is 13.8. The van der Waals surface area contributed by atoms with Gasteiger partial charge in [0.1, 0.15) is 6.04 Å². The number of carbonyl (C=O) groups is 1. The molecular formula is C23H30N3O3+. The minimum absolute atomic E-state index is 0.0723. The van der Waals surface area contributed by atoms with E-state index in [2.05, 4.69) is 31.3 Å². The zero-order valence-corrected chi connectivity index (χ0v) is 18.0. The van der Waals surface area contributed by atoms with Gasteiger partial charge in [-0.3, -0.25) is 4.79 Å². The molecule has 0 aliphatic heterocycles. The van der Waals surface area contributed by atoms with E-state index >= 15 is 0 Å². The quantitative estimate of drug-likeness (QED) is 0.575. The van der Waals surface area contributed by atoms with E-state index in [0.29, 0.717) is 23.6 Å². The van der Waals surface area contributed by atoms with Crippen molar-refractivity contribution in [1.82, 2.24) is 10.3 Å². The molecule has 1 amide bonds. The second-order valence-electron chi connectivity index (χ2n) is 7.59. The summed E-state index contributed by atoms with van der Waals surface area (Å²) < 4.78 is 10.8. The standard InChI is InChI=1S/C23H29N3O3/c1-14-15(2)25-19-9-7-17(11-18(14)19)23(27)24-13-20(26(3)4)16-8-10-21(28-5)22(12-16)29-6/h7-12,20,25H,13H2,1-6H3,(H,24,27)/p+1/t20-/m0/s1. The van der Waals surface area contributed by atoms with Crippen LogP contribution in [0.15, 0.2) is 36.4 Å². The first-order valence-electron chi connectivity index (χ1n) is 9.74. The van der Waals surface area contributed by atoms with E-state index in [1.54, 1.807) is 14.2 Å². The molecule has 6 heteroatoms. The maximum Gasteiger partial charge on any atom is 0.251 e. The van der Waals surface area contributed by atoms with Gasteiger partial charge in [0, 0.05) is 27.7 Å². The Balaban J connectivity index is 1.78. The van der Waals surface area contributed by atoms with Crippen molar-refractivity contribution in [3.8, 4) is 11.5 Å².